The molecule has 0 aromatic rings. The van der Waals surface area contributed by atoms with Crippen molar-refractivity contribution in [2.45, 2.75) is 51.4 Å². The fraction of sp³-hybridized carbons (Fsp3) is 0.308. The number of hydrogen-bond donors (Lipinski definition) is 0. The lowest BCUT2D eigenvalue weighted by Gasteiger charge is -1.98. The first-order chi connectivity index (χ1) is 13.0. The Morgan fingerprint density at radius 3 is 1.38 bits per heavy atom. The van der Waals surface area contributed by atoms with E-state index in [2.05, 4.69) is 36.5 Å². The van der Waals surface area contributed by atoms with Gasteiger partial charge in [0, 0.05) is 0 Å². The summed E-state index contributed by atoms with van der Waals surface area (Å²) in [6.07, 6.45) is 48.5. The third kappa shape index (κ3) is 16.5. The number of allylic oxidation sites excluding steroid dienone is 18. The zero-order valence-corrected chi connectivity index (χ0v) is 16.0. The second-order valence-corrected chi connectivity index (χ2v) is 6.15. The third-order valence-electron chi connectivity index (χ3n) is 3.85. The lowest BCUT2D eigenvalue weighted by atomic mass is 10.1. The maximum absolute atomic E-state index is 3.34. The molecular weight excluding hydrogens is 312 g/mol. The van der Waals surface area contributed by atoms with Gasteiger partial charge in [0.1, 0.15) is 0 Å². The van der Waals surface area contributed by atoms with Crippen molar-refractivity contribution in [3.8, 4) is 0 Å². The molecule has 26 heavy (non-hydrogen) atoms. The minimum absolute atomic E-state index is 1.07. The summed E-state index contributed by atoms with van der Waals surface area (Å²) < 4.78 is 0. The molecule has 0 saturated heterocycles. The van der Waals surface area contributed by atoms with Crippen molar-refractivity contribution in [1.82, 2.24) is 0 Å². The summed E-state index contributed by atoms with van der Waals surface area (Å²) in [6, 6.07) is 0. The predicted octanol–water partition coefficient (Wildman–Crippen LogP) is 7.93. The zero-order chi connectivity index (χ0) is 18.4. The van der Waals surface area contributed by atoms with Crippen LogP contribution in [-0.2, 0) is 0 Å². The van der Waals surface area contributed by atoms with E-state index in [4.69, 9.17) is 0 Å². The van der Waals surface area contributed by atoms with Crippen LogP contribution in [0.4, 0.5) is 0 Å². The van der Waals surface area contributed by atoms with Gasteiger partial charge in [0.25, 0.3) is 0 Å². The Kier molecular flexibility index (Phi) is 15.9. The first-order valence-corrected chi connectivity index (χ1v) is 9.88. The Morgan fingerprint density at radius 2 is 0.808 bits per heavy atom. The molecule has 0 amide bonds. The quantitative estimate of drug-likeness (QED) is 0.418. The highest BCUT2D eigenvalue weighted by Crippen LogP contribution is 2.09. The van der Waals surface area contributed by atoms with Crippen LogP contribution >= 0.6 is 0 Å². The first kappa shape index (κ1) is 21.7. The molecule has 1 aliphatic rings. The Balaban J connectivity index is 2.44. The second kappa shape index (κ2) is 19.0. The van der Waals surface area contributed by atoms with E-state index in [-0.39, 0.29) is 0 Å². The van der Waals surface area contributed by atoms with Crippen LogP contribution in [0, 0.1) is 6.08 Å². The fourth-order valence-electron chi connectivity index (χ4n) is 2.41. The molecule has 0 heterocycles. The van der Waals surface area contributed by atoms with E-state index in [1.54, 1.807) is 0 Å². The molecular formula is C26H33. The van der Waals surface area contributed by atoms with Crippen LogP contribution in [0.5, 0.6) is 0 Å². The van der Waals surface area contributed by atoms with Crippen molar-refractivity contribution < 1.29 is 0 Å². The smallest absolute Gasteiger partial charge is 0.0276 e. The highest BCUT2D eigenvalue weighted by molar-refractivity contribution is 5.21. The van der Waals surface area contributed by atoms with Gasteiger partial charge in [-0.1, -0.05) is 129 Å². The minimum atomic E-state index is 1.07. The van der Waals surface area contributed by atoms with Crippen LogP contribution in [-0.4, -0.2) is 0 Å². The molecule has 0 saturated carbocycles. The van der Waals surface area contributed by atoms with Gasteiger partial charge in [-0.25, -0.2) is 0 Å². The fourth-order valence-corrected chi connectivity index (χ4v) is 2.41. The van der Waals surface area contributed by atoms with Crippen LogP contribution < -0.4 is 0 Å². The Morgan fingerprint density at radius 1 is 0.385 bits per heavy atom. The van der Waals surface area contributed by atoms with Gasteiger partial charge in [0.2, 0.25) is 0 Å². The topological polar surface area (TPSA) is 0 Å². The average Bonchev–Trinajstić information content (AvgIpc) is 2.65. The van der Waals surface area contributed by atoms with Crippen LogP contribution in [0.1, 0.15) is 51.4 Å². The van der Waals surface area contributed by atoms with E-state index in [1.165, 1.54) is 44.9 Å². The van der Waals surface area contributed by atoms with Crippen molar-refractivity contribution in [2.24, 2.45) is 0 Å². The molecule has 0 atom stereocenters. The molecule has 0 unspecified atom stereocenters. The van der Waals surface area contributed by atoms with E-state index in [0.29, 0.717) is 0 Å². The second-order valence-electron chi connectivity index (χ2n) is 6.15. The van der Waals surface area contributed by atoms with Gasteiger partial charge in [-0.15, -0.1) is 0 Å². The number of rotatable bonds is 0. The normalized spacial score (nSPS) is 29.5. The van der Waals surface area contributed by atoms with Gasteiger partial charge in [0.05, 0.1) is 0 Å². The highest BCUT2D eigenvalue weighted by Gasteiger charge is 1.89. The molecule has 0 spiro atoms. The minimum Gasteiger partial charge on any atom is -0.0845 e. The molecule has 1 radical (unpaired) electrons. The van der Waals surface area contributed by atoms with E-state index in [1.807, 2.05) is 72.9 Å². The molecule has 0 bridgehead atoms. The molecule has 0 aromatic heterocycles. The molecule has 0 aliphatic heterocycles. The molecule has 0 nitrogen and oxygen atoms in total. The summed E-state index contributed by atoms with van der Waals surface area (Å²) in [5.41, 5.74) is 0. The van der Waals surface area contributed by atoms with Crippen molar-refractivity contribution in [3.05, 3.63) is 109 Å². The van der Waals surface area contributed by atoms with Crippen LogP contribution in [0.3, 0.4) is 0 Å². The van der Waals surface area contributed by atoms with Gasteiger partial charge in [0.15, 0.2) is 0 Å². The predicted molar refractivity (Wildman–Crippen MR) is 118 cm³/mol. The Hall–Kier alpha value is -2.34. The molecule has 0 heteroatoms. The largest absolute Gasteiger partial charge is 0.0845 e. The average molecular weight is 346 g/mol. The third-order valence-corrected chi connectivity index (χ3v) is 3.85. The van der Waals surface area contributed by atoms with Crippen molar-refractivity contribution in [1.29, 1.82) is 0 Å². The van der Waals surface area contributed by atoms with Crippen LogP contribution in [0.25, 0.3) is 0 Å². The maximum atomic E-state index is 3.34. The van der Waals surface area contributed by atoms with Gasteiger partial charge in [-0.3, -0.25) is 0 Å². The molecule has 0 N–H and O–H groups in total. The highest BCUT2D eigenvalue weighted by atomic mass is 14.0. The Labute approximate surface area is 161 Å². The van der Waals surface area contributed by atoms with Crippen molar-refractivity contribution in [2.75, 3.05) is 0 Å². The SMILES string of the molecule is [C]1=C/C=C\C=C/C=C\C=C/C=C\C=C/C=C\C=C/CCCCCCCC\1. The first-order valence-electron chi connectivity index (χ1n) is 9.88. The van der Waals surface area contributed by atoms with E-state index >= 15 is 0 Å². The molecule has 0 aromatic carbocycles. The monoisotopic (exact) mass is 345 g/mol. The summed E-state index contributed by atoms with van der Waals surface area (Å²) >= 11 is 0. The van der Waals surface area contributed by atoms with Gasteiger partial charge in [-0.05, 0) is 31.8 Å². The van der Waals surface area contributed by atoms with Gasteiger partial charge >= 0.3 is 0 Å². The lowest BCUT2D eigenvalue weighted by Crippen LogP contribution is -1.79. The Bertz CT molecular complexity index is 519. The summed E-state index contributed by atoms with van der Waals surface area (Å²) in [4.78, 5) is 0. The number of hydrogen-bond acceptors (Lipinski definition) is 0. The standard InChI is InChI=1S/C26H33/c1-2-4-6-8-10-12-14-16-18-20-22-24-26-25-23-21-19-17-15-13-11-9-7-5-3-1/h1-17H,18,20-26H2/b3-1-,4-2-,7-5-,8-6-,11-9-,12-10-,15-13-,16-14-,19-17?. The van der Waals surface area contributed by atoms with E-state index in [9.17, 15) is 0 Å². The zero-order valence-electron chi connectivity index (χ0n) is 16.0. The van der Waals surface area contributed by atoms with Crippen molar-refractivity contribution >= 4 is 0 Å². The van der Waals surface area contributed by atoms with E-state index in [0.717, 1.165) is 6.42 Å². The van der Waals surface area contributed by atoms with Crippen molar-refractivity contribution in [3.63, 3.8) is 0 Å². The summed E-state index contributed by atoms with van der Waals surface area (Å²) in [5.74, 6) is 0. The van der Waals surface area contributed by atoms with Gasteiger partial charge < -0.3 is 0 Å². The summed E-state index contributed by atoms with van der Waals surface area (Å²) in [7, 11) is 0. The van der Waals surface area contributed by atoms with Crippen LogP contribution in [0.2, 0.25) is 0 Å². The molecule has 1 aliphatic carbocycles. The van der Waals surface area contributed by atoms with Crippen LogP contribution in [0.15, 0.2) is 103 Å². The summed E-state index contributed by atoms with van der Waals surface area (Å²) in [6.45, 7) is 0. The maximum Gasteiger partial charge on any atom is -0.0276 e. The molecule has 137 valence electrons. The molecule has 1 rings (SSSR count). The lowest BCUT2D eigenvalue weighted by molar-refractivity contribution is 0.598. The molecule has 0 fully saturated rings. The van der Waals surface area contributed by atoms with E-state index < -0.39 is 0 Å². The van der Waals surface area contributed by atoms with Gasteiger partial charge in [-0.2, -0.15) is 0 Å². The summed E-state index contributed by atoms with van der Waals surface area (Å²) in [5, 5.41) is 0.